The van der Waals surface area contributed by atoms with Crippen molar-refractivity contribution in [2.45, 2.75) is 27.1 Å². The van der Waals surface area contributed by atoms with Gasteiger partial charge in [-0.05, 0) is 39.0 Å². The maximum Gasteiger partial charge on any atom is 0.191 e. The molecule has 0 bridgehead atoms. The lowest BCUT2D eigenvalue weighted by Crippen LogP contribution is -2.25. The molecule has 0 unspecified atom stereocenters. The monoisotopic (exact) mass is 270 g/mol. The van der Waals surface area contributed by atoms with Crippen LogP contribution in [0.15, 0.2) is 18.2 Å². The second kappa shape index (κ2) is 7.86. The van der Waals surface area contributed by atoms with Crippen molar-refractivity contribution in [2.75, 3.05) is 19.8 Å². The Labute approximate surface area is 112 Å². The van der Waals surface area contributed by atoms with E-state index in [1.807, 2.05) is 13.8 Å². The van der Waals surface area contributed by atoms with Gasteiger partial charge >= 0.3 is 0 Å². The van der Waals surface area contributed by atoms with Crippen LogP contribution in [0.3, 0.4) is 0 Å². The first-order chi connectivity index (χ1) is 9.08. The van der Waals surface area contributed by atoms with E-state index in [2.05, 4.69) is 0 Å². The van der Waals surface area contributed by atoms with Crippen LogP contribution in [0.5, 0.6) is 5.75 Å². The van der Waals surface area contributed by atoms with Gasteiger partial charge in [0, 0.05) is 18.8 Å². The molecule has 0 atom stereocenters. The quantitative estimate of drug-likeness (QED) is 0.538. The third kappa shape index (κ3) is 4.96. The number of halogens is 1. The number of carbonyl (C=O) groups is 1. The largest absolute Gasteiger partial charge is 0.485 e. The second-order valence-electron chi connectivity index (χ2n) is 3.85. The van der Waals surface area contributed by atoms with Crippen LogP contribution in [-0.4, -0.2) is 31.9 Å². The summed E-state index contributed by atoms with van der Waals surface area (Å²) < 4.78 is 29.5. The fraction of sp³-hybridized carbons (Fsp3) is 0.500. The Morgan fingerprint density at radius 2 is 1.89 bits per heavy atom. The van der Waals surface area contributed by atoms with Crippen molar-refractivity contribution in [1.29, 1.82) is 0 Å². The van der Waals surface area contributed by atoms with Gasteiger partial charge in [0.05, 0.1) is 0 Å². The van der Waals surface area contributed by atoms with Gasteiger partial charge in [0.25, 0.3) is 0 Å². The van der Waals surface area contributed by atoms with Gasteiger partial charge in [-0.25, -0.2) is 4.39 Å². The number of Topliss-reactive ketones (excluding diaryl/α,β-unsaturated/α-hetero) is 1. The Balaban J connectivity index is 2.63. The first kappa shape index (κ1) is 15.6. The van der Waals surface area contributed by atoms with Crippen LogP contribution in [0.25, 0.3) is 0 Å². The van der Waals surface area contributed by atoms with Gasteiger partial charge in [-0.1, -0.05) is 0 Å². The predicted octanol–water partition coefficient (Wildman–Crippen LogP) is 2.81. The smallest absolute Gasteiger partial charge is 0.191 e. The summed E-state index contributed by atoms with van der Waals surface area (Å²) >= 11 is 0. The highest BCUT2D eigenvalue weighted by atomic mass is 19.1. The molecule has 5 heteroatoms. The number of ketones is 1. The molecule has 0 radical (unpaired) electrons. The average molecular weight is 270 g/mol. The van der Waals surface area contributed by atoms with E-state index >= 15 is 0 Å². The van der Waals surface area contributed by atoms with Crippen LogP contribution in [0, 0.1) is 5.82 Å². The number of hydrogen-bond acceptors (Lipinski definition) is 4. The molecule has 0 saturated carbocycles. The maximum absolute atomic E-state index is 13.7. The first-order valence-corrected chi connectivity index (χ1v) is 6.25. The first-order valence-electron chi connectivity index (χ1n) is 6.25. The Hall–Kier alpha value is -1.46. The fourth-order valence-electron chi connectivity index (χ4n) is 1.51. The molecule has 106 valence electrons. The lowest BCUT2D eigenvalue weighted by atomic mass is 10.1. The Bertz CT molecular complexity index is 414. The molecule has 4 nitrogen and oxygen atoms in total. The topological polar surface area (TPSA) is 44.8 Å². The minimum atomic E-state index is -0.570. The van der Waals surface area contributed by atoms with Crippen molar-refractivity contribution in [1.82, 2.24) is 0 Å². The summed E-state index contributed by atoms with van der Waals surface area (Å²) in [6.45, 7) is 6.13. The second-order valence-corrected chi connectivity index (χ2v) is 3.85. The number of hydrogen-bond donors (Lipinski definition) is 0. The zero-order valence-electron chi connectivity index (χ0n) is 11.4. The Morgan fingerprint density at radius 3 is 2.37 bits per heavy atom. The fourth-order valence-corrected chi connectivity index (χ4v) is 1.51. The number of ether oxygens (including phenoxy) is 3. The SMILES string of the molecule is CCOC(COc1ccc(C(C)=O)cc1F)OCC. The lowest BCUT2D eigenvalue weighted by molar-refractivity contribution is -0.152. The molecule has 1 aromatic rings. The van der Waals surface area contributed by atoms with Gasteiger partial charge in [-0.15, -0.1) is 0 Å². The molecule has 0 aromatic heterocycles. The highest BCUT2D eigenvalue weighted by Gasteiger charge is 2.12. The van der Waals surface area contributed by atoms with Crippen LogP contribution in [0.1, 0.15) is 31.1 Å². The van der Waals surface area contributed by atoms with E-state index in [9.17, 15) is 9.18 Å². The van der Waals surface area contributed by atoms with Crippen LogP contribution in [0.2, 0.25) is 0 Å². The molecule has 0 saturated heterocycles. The van der Waals surface area contributed by atoms with Crippen molar-refractivity contribution in [3.8, 4) is 5.75 Å². The number of rotatable bonds is 8. The van der Waals surface area contributed by atoms with Crippen LogP contribution < -0.4 is 4.74 Å². The van der Waals surface area contributed by atoms with Crippen molar-refractivity contribution in [3.05, 3.63) is 29.6 Å². The summed E-state index contributed by atoms with van der Waals surface area (Å²) in [5.41, 5.74) is 0.316. The third-order valence-electron chi connectivity index (χ3n) is 2.42. The van der Waals surface area contributed by atoms with Gasteiger partial charge in [0.1, 0.15) is 6.61 Å². The number of carbonyl (C=O) groups excluding carboxylic acids is 1. The molecule has 19 heavy (non-hydrogen) atoms. The highest BCUT2D eigenvalue weighted by molar-refractivity contribution is 5.94. The molecular weight excluding hydrogens is 251 g/mol. The normalized spacial score (nSPS) is 10.8. The minimum Gasteiger partial charge on any atom is -0.485 e. The molecule has 0 spiro atoms. The van der Waals surface area contributed by atoms with Gasteiger partial charge in [0.2, 0.25) is 0 Å². The van der Waals surface area contributed by atoms with Crippen molar-refractivity contribution in [3.63, 3.8) is 0 Å². The van der Waals surface area contributed by atoms with Crippen LogP contribution >= 0.6 is 0 Å². The van der Waals surface area contributed by atoms with E-state index in [1.165, 1.54) is 19.1 Å². The van der Waals surface area contributed by atoms with E-state index in [0.717, 1.165) is 6.07 Å². The molecule has 0 heterocycles. The molecule has 1 aromatic carbocycles. The van der Waals surface area contributed by atoms with Gasteiger partial charge in [-0.2, -0.15) is 0 Å². The zero-order valence-corrected chi connectivity index (χ0v) is 11.4. The predicted molar refractivity (Wildman–Crippen MR) is 68.9 cm³/mol. The molecule has 0 amide bonds. The summed E-state index contributed by atoms with van der Waals surface area (Å²) in [6, 6.07) is 4.12. The lowest BCUT2D eigenvalue weighted by Gasteiger charge is -2.17. The highest BCUT2D eigenvalue weighted by Crippen LogP contribution is 2.19. The number of benzene rings is 1. The summed E-state index contributed by atoms with van der Waals surface area (Å²) in [5, 5.41) is 0. The molecular formula is C14H19FO4. The van der Waals surface area contributed by atoms with Gasteiger partial charge in [0.15, 0.2) is 23.6 Å². The molecule has 0 aliphatic heterocycles. The summed E-state index contributed by atoms with van der Waals surface area (Å²) in [6.07, 6.45) is -0.526. The Morgan fingerprint density at radius 1 is 1.26 bits per heavy atom. The zero-order chi connectivity index (χ0) is 14.3. The maximum atomic E-state index is 13.7. The van der Waals surface area contributed by atoms with Crippen molar-refractivity contribution in [2.24, 2.45) is 0 Å². The van der Waals surface area contributed by atoms with Gasteiger partial charge < -0.3 is 14.2 Å². The molecule has 1 rings (SSSR count). The Kier molecular flexibility index (Phi) is 6.45. The summed E-state index contributed by atoms with van der Waals surface area (Å²) in [4.78, 5) is 11.1. The van der Waals surface area contributed by atoms with Crippen molar-refractivity contribution < 1.29 is 23.4 Å². The van der Waals surface area contributed by atoms with Gasteiger partial charge in [-0.3, -0.25) is 4.79 Å². The van der Waals surface area contributed by atoms with E-state index in [-0.39, 0.29) is 18.1 Å². The van der Waals surface area contributed by atoms with Crippen LogP contribution in [0.4, 0.5) is 4.39 Å². The average Bonchev–Trinajstić information content (AvgIpc) is 2.37. The molecule has 0 N–H and O–H groups in total. The molecule has 0 aliphatic carbocycles. The minimum absolute atomic E-state index is 0.0782. The standard InChI is InChI=1S/C14H19FO4/c1-4-17-14(18-5-2)9-19-13-7-6-11(10(3)16)8-12(13)15/h6-8,14H,4-5,9H2,1-3H3. The summed E-state index contributed by atoms with van der Waals surface area (Å²) in [5.74, 6) is -0.680. The van der Waals surface area contributed by atoms with E-state index in [0.29, 0.717) is 18.8 Å². The van der Waals surface area contributed by atoms with E-state index in [4.69, 9.17) is 14.2 Å². The van der Waals surface area contributed by atoms with E-state index in [1.54, 1.807) is 0 Å². The third-order valence-corrected chi connectivity index (χ3v) is 2.42. The summed E-state index contributed by atoms with van der Waals surface area (Å²) in [7, 11) is 0. The van der Waals surface area contributed by atoms with Crippen LogP contribution in [-0.2, 0) is 9.47 Å². The molecule has 0 fully saturated rings. The van der Waals surface area contributed by atoms with Crippen molar-refractivity contribution >= 4 is 5.78 Å². The van der Waals surface area contributed by atoms with E-state index < -0.39 is 12.1 Å². The molecule has 0 aliphatic rings.